The van der Waals surface area contributed by atoms with E-state index in [0.29, 0.717) is 17.9 Å². The van der Waals surface area contributed by atoms with Gasteiger partial charge in [0.15, 0.2) is 11.5 Å². The molecule has 1 aliphatic rings. The lowest BCUT2D eigenvalue weighted by molar-refractivity contribution is 0.0526. The first kappa shape index (κ1) is 12.6. The number of hydrogen-bond acceptors (Lipinski definition) is 4. The van der Waals surface area contributed by atoms with Gasteiger partial charge in [0.05, 0.1) is 12.2 Å². The second-order valence-corrected chi connectivity index (χ2v) is 4.50. The maximum absolute atomic E-state index is 11.7. The predicted molar refractivity (Wildman–Crippen MR) is 72.6 cm³/mol. The number of rotatable bonds is 3. The van der Waals surface area contributed by atoms with Gasteiger partial charge in [-0.1, -0.05) is 0 Å². The number of fused-ring (bicyclic) bond motifs is 1. The summed E-state index contributed by atoms with van der Waals surface area (Å²) in [5.41, 5.74) is 2.41. The third-order valence-corrected chi connectivity index (χ3v) is 3.16. The van der Waals surface area contributed by atoms with Crippen LogP contribution < -0.4 is 9.47 Å². The van der Waals surface area contributed by atoms with E-state index in [0.717, 1.165) is 17.1 Å². The summed E-state index contributed by atoms with van der Waals surface area (Å²) in [6.07, 6.45) is 1.77. The van der Waals surface area contributed by atoms with Crippen molar-refractivity contribution in [3.8, 4) is 17.2 Å². The van der Waals surface area contributed by atoms with Crippen LogP contribution in [0.15, 0.2) is 30.5 Å². The molecule has 0 fully saturated rings. The van der Waals surface area contributed by atoms with E-state index in [1.165, 1.54) is 0 Å². The van der Waals surface area contributed by atoms with Gasteiger partial charge in [0, 0.05) is 23.6 Å². The molecule has 0 spiro atoms. The smallest absolute Gasteiger partial charge is 0.339 e. The van der Waals surface area contributed by atoms with Crippen molar-refractivity contribution < 1.29 is 19.0 Å². The van der Waals surface area contributed by atoms with Gasteiger partial charge in [0.1, 0.15) is 0 Å². The van der Waals surface area contributed by atoms with E-state index in [-0.39, 0.29) is 12.8 Å². The fourth-order valence-electron chi connectivity index (χ4n) is 2.21. The van der Waals surface area contributed by atoms with E-state index < -0.39 is 0 Å². The van der Waals surface area contributed by atoms with Crippen LogP contribution in [0.5, 0.6) is 11.5 Å². The van der Waals surface area contributed by atoms with Crippen molar-refractivity contribution in [3.05, 3.63) is 41.7 Å². The van der Waals surface area contributed by atoms with E-state index in [9.17, 15) is 4.79 Å². The lowest BCUT2D eigenvalue weighted by atomic mass is 10.2. The van der Waals surface area contributed by atoms with Crippen molar-refractivity contribution in [2.75, 3.05) is 13.4 Å². The molecule has 0 bridgehead atoms. The minimum atomic E-state index is -0.310. The number of esters is 1. The summed E-state index contributed by atoms with van der Waals surface area (Å²) in [6, 6.07) is 7.49. The monoisotopic (exact) mass is 273 g/mol. The molecule has 2 heterocycles. The quantitative estimate of drug-likeness (QED) is 0.807. The van der Waals surface area contributed by atoms with Crippen LogP contribution in [-0.2, 0) is 4.74 Å². The summed E-state index contributed by atoms with van der Waals surface area (Å²) in [4.78, 5) is 11.7. The number of aromatic nitrogens is 1. The highest BCUT2D eigenvalue weighted by molar-refractivity contribution is 5.89. The average molecular weight is 273 g/mol. The molecule has 0 amide bonds. The van der Waals surface area contributed by atoms with Crippen LogP contribution in [0, 0.1) is 6.92 Å². The van der Waals surface area contributed by atoms with Crippen molar-refractivity contribution >= 4 is 5.97 Å². The number of hydrogen-bond donors (Lipinski definition) is 0. The average Bonchev–Trinajstić information content (AvgIpc) is 3.04. The summed E-state index contributed by atoms with van der Waals surface area (Å²) in [6.45, 7) is 4.34. The first-order chi connectivity index (χ1) is 9.69. The second kappa shape index (κ2) is 4.92. The number of benzene rings is 1. The molecule has 0 aliphatic carbocycles. The van der Waals surface area contributed by atoms with E-state index in [2.05, 4.69) is 0 Å². The van der Waals surface area contributed by atoms with E-state index in [4.69, 9.17) is 14.2 Å². The first-order valence-electron chi connectivity index (χ1n) is 6.45. The van der Waals surface area contributed by atoms with E-state index in [1.807, 2.05) is 35.8 Å². The largest absolute Gasteiger partial charge is 0.462 e. The lowest BCUT2D eigenvalue weighted by Gasteiger charge is -2.06. The molecule has 0 unspecified atom stereocenters. The van der Waals surface area contributed by atoms with E-state index >= 15 is 0 Å². The normalized spacial score (nSPS) is 12.5. The zero-order valence-electron chi connectivity index (χ0n) is 11.4. The van der Waals surface area contributed by atoms with Crippen LogP contribution in [0.25, 0.3) is 5.69 Å². The van der Waals surface area contributed by atoms with Crippen LogP contribution in [0.1, 0.15) is 23.0 Å². The molecule has 0 saturated carbocycles. The highest BCUT2D eigenvalue weighted by Gasteiger charge is 2.16. The summed E-state index contributed by atoms with van der Waals surface area (Å²) < 4.78 is 17.6. The zero-order chi connectivity index (χ0) is 14.1. The van der Waals surface area contributed by atoms with Gasteiger partial charge in [-0.2, -0.15) is 0 Å². The van der Waals surface area contributed by atoms with Crippen molar-refractivity contribution in [2.24, 2.45) is 0 Å². The Balaban J connectivity index is 1.96. The fourth-order valence-corrected chi connectivity index (χ4v) is 2.21. The topological polar surface area (TPSA) is 49.7 Å². The van der Waals surface area contributed by atoms with Gasteiger partial charge in [-0.05, 0) is 32.0 Å². The number of carbonyl (C=O) groups excluding carboxylic acids is 1. The molecular weight excluding hydrogens is 258 g/mol. The van der Waals surface area contributed by atoms with Gasteiger partial charge in [-0.3, -0.25) is 0 Å². The highest BCUT2D eigenvalue weighted by atomic mass is 16.7. The Morgan fingerprint density at radius 1 is 1.30 bits per heavy atom. The Kier molecular flexibility index (Phi) is 3.10. The van der Waals surface area contributed by atoms with Crippen LogP contribution in [0.3, 0.4) is 0 Å². The highest BCUT2D eigenvalue weighted by Crippen LogP contribution is 2.34. The van der Waals surface area contributed by atoms with Gasteiger partial charge in [0.2, 0.25) is 6.79 Å². The molecule has 5 nitrogen and oxygen atoms in total. The third kappa shape index (κ3) is 2.11. The molecule has 0 atom stereocenters. The Labute approximate surface area is 116 Å². The third-order valence-electron chi connectivity index (χ3n) is 3.16. The Morgan fingerprint density at radius 2 is 2.10 bits per heavy atom. The standard InChI is InChI=1S/C15H15NO4/c1-3-18-15(17)11-6-10(2)16(8-11)12-4-5-13-14(7-12)20-9-19-13/h4-8H,3,9H2,1-2H3. The SMILES string of the molecule is CCOC(=O)c1cc(C)n(-c2ccc3c(c2)OCO3)c1. The molecule has 2 aromatic rings. The molecule has 1 aromatic carbocycles. The van der Waals surface area contributed by atoms with Crippen LogP contribution in [-0.4, -0.2) is 23.9 Å². The Bertz CT molecular complexity index is 660. The molecule has 3 rings (SSSR count). The Morgan fingerprint density at radius 3 is 2.90 bits per heavy atom. The first-order valence-corrected chi connectivity index (χ1v) is 6.45. The predicted octanol–water partition coefficient (Wildman–Crippen LogP) is 2.69. The molecule has 104 valence electrons. The maximum Gasteiger partial charge on any atom is 0.339 e. The Hall–Kier alpha value is -2.43. The minimum Gasteiger partial charge on any atom is -0.462 e. The molecule has 0 N–H and O–H groups in total. The summed E-state index contributed by atoms with van der Waals surface area (Å²) in [7, 11) is 0. The number of nitrogens with zero attached hydrogens (tertiary/aromatic N) is 1. The minimum absolute atomic E-state index is 0.248. The van der Waals surface area contributed by atoms with E-state index in [1.54, 1.807) is 13.1 Å². The number of aryl methyl sites for hydroxylation is 1. The molecule has 5 heteroatoms. The zero-order valence-corrected chi connectivity index (χ0v) is 11.4. The van der Waals surface area contributed by atoms with Gasteiger partial charge in [0.25, 0.3) is 0 Å². The van der Waals surface area contributed by atoms with Crippen LogP contribution in [0.2, 0.25) is 0 Å². The van der Waals surface area contributed by atoms with Gasteiger partial charge < -0.3 is 18.8 Å². The van der Waals surface area contributed by atoms with Crippen molar-refractivity contribution in [2.45, 2.75) is 13.8 Å². The number of carbonyl (C=O) groups is 1. The van der Waals surface area contributed by atoms with Gasteiger partial charge in [-0.25, -0.2) is 4.79 Å². The molecule has 1 aromatic heterocycles. The molecule has 0 saturated heterocycles. The summed E-state index contributed by atoms with van der Waals surface area (Å²) in [5.74, 6) is 1.15. The van der Waals surface area contributed by atoms with Crippen molar-refractivity contribution in [1.82, 2.24) is 4.57 Å². The van der Waals surface area contributed by atoms with Gasteiger partial charge >= 0.3 is 5.97 Å². The lowest BCUT2D eigenvalue weighted by Crippen LogP contribution is -2.03. The van der Waals surface area contributed by atoms with Crippen LogP contribution >= 0.6 is 0 Å². The van der Waals surface area contributed by atoms with Crippen LogP contribution in [0.4, 0.5) is 0 Å². The number of ether oxygens (including phenoxy) is 3. The van der Waals surface area contributed by atoms with Crippen molar-refractivity contribution in [3.63, 3.8) is 0 Å². The molecule has 1 aliphatic heterocycles. The summed E-state index contributed by atoms with van der Waals surface area (Å²) in [5, 5.41) is 0. The second-order valence-electron chi connectivity index (χ2n) is 4.50. The fraction of sp³-hybridized carbons (Fsp3) is 0.267. The molecule has 20 heavy (non-hydrogen) atoms. The van der Waals surface area contributed by atoms with Gasteiger partial charge in [-0.15, -0.1) is 0 Å². The molecule has 0 radical (unpaired) electrons. The molecular formula is C15H15NO4. The van der Waals surface area contributed by atoms with Crippen molar-refractivity contribution in [1.29, 1.82) is 0 Å². The summed E-state index contributed by atoms with van der Waals surface area (Å²) >= 11 is 0. The maximum atomic E-state index is 11.7.